The quantitative estimate of drug-likeness (QED) is 0.798. The fraction of sp³-hybridized carbons (Fsp3) is 0.312. The minimum Gasteiger partial charge on any atom is -0.293 e. The van der Waals surface area contributed by atoms with Gasteiger partial charge in [-0.2, -0.15) is 0 Å². The standard InChI is InChI=1S/C16H17NOS/c1-12-4-2-3-5-14(12)15(18)11-17-8-6-16-13(10-17)7-9-19-16/h2-5,7,9H,6,8,10-11H2,1H3. The van der Waals surface area contributed by atoms with Gasteiger partial charge in [0.25, 0.3) is 0 Å². The normalized spacial score (nSPS) is 15.2. The number of aryl methyl sites for hydroxylation is 1. The molecule has 19 heavy (non-hydrogen) atoms. The molecule has 0 N–H and O–H groups in total. The summed E-state index contributed by atoms with van der Waals surface area (Å²) in [5.74, 6) is 0.233. The van der Waals surface area contributed by atoms with Crippen molar-refractivity contribution in [2.45, 2.75) is 19.9 Å². The second-order valence-corrected chi connectivity index (χ2v) is 6.07. The van der Waals surface area contributed by atoms with Crippen LogP contribution in [-0.4, -0.2) is 23.8 Å². The van der Waals surface area contributed by atoms with Gasteiger partial charge in [0.15, 0.2) is 5.78 Å². The number of fused-ring (bicyclic) bond motifs is 1. The highest BCUT2D eigenvalue weighted by Gasteiger charge is 2.20. The first kappa shape index (κ1) is 12.6. The number of rotatable bonds is 3. The molecule has 0 saturated heterocycles. The van der Waals surface area contributed by atoms with Gasteiger partial charge in [-0.15, -0.1) is 11.3 Å². The summed E-state index contributed by atoms with van der Waals surface area (Å²) in [6.07, 6.45) is 1.08. The van der Waals surface area contributed by atoms with Gasteiger partial charge in [-0.05, 0) is 35.9 Å². The third-order valence-corrected chi connectivity index (χ3v) is 4.72. The second-order valence-electron chi connectivity index (χ2n) is 5.07. The van der Waals surface area contributed by atoms with Gasteiger partial charge in [0, 0.05) is 23.5 Å². The van der Waals surface area contributed by atoms with Crippen molar-refractivity contribution in [2.75, 3.05) is 13.1 Å². The Morgan fingerprint density at radius 3 is 3.00 bits per heavy atom. The van der Waals surface area contributed by atoms with Crippen molar-refractivity contribution in [3.63, 3.8) is 0 Å². The molecule has 0 radical (unpaired) electrons. The third kappa shape index (κ3) is 2.62. The zero-order valence-electron chi connectivity index (χ0n) is 11.1. The molecule has 2 heterocycles. The molecule has 2 aromatic rings. The van der Waals surface area contributed by atoms with E-state index in [0.717, 1.165) is 30.6 Å². The molecule has 3 rings (SSSR count). The van der Waals surface area contributed by atoms with Crippen LogP contribution in [0.25, 0.3) is 0 Å². The van der Waals surface area contributed by atoms with Crippen LogP contribution in [0, 0.1) is 6.92 Å². The maximum absolute atomic E-state index is 12.3. The third-order valence-electron chi connectivity index (χ3n) is 3.70. The summed E-state index contributed by atoms with van der Waals surface area (Å²) in [6.45, 7) is 4.43. The average Bonchev–Trinajstić information content (AvgIpc) is 2.86. The number of thiophene rings is 1. The summed E-state index contributed by atoms with van der Waals surface area (Å²) in [6, 6.07) is 10.0. The highest BCUT2D eigenvalue weighted by Crippen LogP contribution is 2.24. The van der Waals surface area contributed by atoms with E-state index in [0.29, 0.717) is 6.54 Å². The molecule has 0 aliphatic carbocycles. The highest BCUT2D eigenvalue weighted by atomic mass is 32.1. The van der Waals surface area contributed by atoms with Crippen molar-refractivity contribution in [1.29, 1.82) is 0 Å². The molecule has 0 spiro atoms. The van der Waals surface area contributed by atoms with Crippen molar-refractivity contribution >= 4 is 17.1 Å². The fourth-order valence-electron chi connectivity index (χ4n) is 2.62. The molecule has 1 aliphatic heterocycles. The molecular weight excluding hydrogens is 254 g/mol. The minimum atomic E-state index is 0.233. The van der Waals surface area contributed by atoms with E-state index in [9.17, 15) is 4.79 Å². The van der Waals surface area contributed by atoms with Gasteiger partial charge >= 0.3 is 0 Å². The van der Waals surface area contributed by atoms with E-state index < -0.39 is 0 Å². The van der Waals surface area contributed by atoms with E-state index in [2.05, 4.69) is 16.3 Å². The van der Waals surface area contributed by atoms with Crippen LogP contribution in [0.5, 0.6) is 0 Å². The number of carbonyl (C=O) groups is 1. The molecule has 1 aromatic carbocycles. The molecule has 98 valence electrons. The Labute approximate surface area is 117 Å². The van der Waals surface area contributed by atoms with Crippen LogP contribution < -0.4 is 0 Å². The SMILES string of the molecule is Cc1ccccc1C(=O)CN1CCc2sccc2C1. The maximum atomic E-state index is 12.3. The van der Waals surface area contributed by atoms with Crippen LogP contribution in [0.3, 0.4) is 0 Å². The van der Waals surface area contributed by atoms with Gasteiger partial charge in [0.1, 0.15) is 0 Å². The lowest BCUT2D eigenvalue weighted by Crippen LogP contribution is -2.34. The Bertz CT molecular complexity index is 602. The molecule has 0 saturated carbocycles. The Morgan fingerprint density at radius 1 is 1.32 bits per heavy atom. The molecule has 3 heteroatoms. The Balaban J connectivity index is 1.70. The van der Waals surface area contributed by atoms with E-state index in [1.165, 1.54) is 10.4 Å². The molecule has 1 aromatic heterocycles. The summed E-state index contributed by atoms with van der Waals surface area (Å²) in [5, 5.41) is 2.15. The van der Waals surface area contributed by atoms with Crippen LogP contribution >= 0.6 is 11.3 Å². The van der Waals surface area contributed by atoms with Crippen LogP contribution in [0.15, 0.2) is 35.7 Å². The first-order chi connectivity index (χ1) is 9.24. The van der Waals surface area contributed by atoms with Crippen LogP contribution in [-0.2, 0) is 13.0 Å². The lowest BCUT2D eigenvalue weighted by molar-refractivity contribution is 0.0921. The number of nitrogens with zero attached hydrogens (tertiary/aromatic N) is 1. The lowest BCUT2D eigenvalue weighted by Gasteiger charge is -2.26. The van der Waals surface area contributed by atoms with Crippen LogP contribution in [0.2, 0.25) is 0 Å². The summed E-state index contributed by atoms with van der Waals surface area (Å²) in [7, 11) is 0. The number of hydrogen-bond acceptors (Lipinski definition) is 3. The number of hydrogen-bond donors (Lipinski definition) is 0. The minimum absolute atomic E-state index is 0.233. The van der Waals surface area contributed by atoms with Gasteiger partial charge in [-0.25, -0.2) is 0 Å². The largest absolute Gasteiger partial charge is 0.293 e. The summed E-state index contributed by atoms with van der Waals surface area (Å²) in [4.78, 5) is 16.1. The zero-order chi connectivity index (χ0) is 13.2. The zero-order valence-corrected chi connectivity index (χ0v) is 11.9. The van der Waals surface area contributed by atoms with Crippen LogP contribution in [0.1, 0.15) is 26.4 Å². The van der Waals surface area contributed by atoms with Crippen molar-refractivity contribution in [3.8, 4) is 0 Å². The molecule has 0 atom stereocenters. The molecular formula is C16H17NOS. The van der Waals surface area contributed by atoms with Crippen molar-refractivity contribution in [2.24, 2.45) is 0 Å². The molecule has 0 unspecified atom stereocenters. The van der Waals surface area contributed by atoms with Gasteiger partial charge in [0.2, 0.25) is 0 Å². The van der Waals surface area contributed by atoms with E-state index >= 15 is 0 Å². The van der Waals surface area contributed by atoms with Gasteiger partial charge in [-0.3, -0.25) is 9.69 Å². The number of ketones is 1. The smallest absolute Gasteiger partial charge is 0.177 e. The van der Waals surface area contributed by atoms with Gasteiger partial charge in [-0.1, -0.05) is 24.3 Å². The number of Topliss-reactive ketones (excluding diaryl/α,β-unsaturated/α-hetero) is 1. The fourth-order valence-corrected chi connectivity index (χ4v) is 3.51. The number of benzene rings is 1. The maximum Gasteiger partial charge on any atom is 0.177 e. The Kier molecular flexibility index (Phi) is 3.49. The van der Waals surface area contributed by atoms with E-state index in [-0.39, 0.29) is 5.78 Å². The highest BCUT2D eigenvalue weighted by molar-refractivity contribution is 7.10. The predicted molar refractivity (Wildman–Crippen MR) is 78.8 cm³/mol. The van der Waals surface area contributed by atoms with E-state index in [1.807, 2.05) is 42.5 Å². The second kappa shape index (κ2) is 5.27. The Hall–Kier alpha value is -1.45. The molecule has 2 nitrogen and oxygen atoms in total. The van der Waals surface area contributed by atoms with Gasteiger partial charge in [0.05, 0.1) is 6.54 Å². The van der Waals surface area contributed by atoms with E-state index in [4.69, 9.17) is 0 Å². The molecule has 0 amide bonds. The van der Waals surface area contributed by atoms with Crippen molar-refractivity contribution in [1.82, 2.24) is 4.90 Å². The van der Waals surface area contributed by atoms with E-state index in [1.54, 1.807) is 0 Å². The molecule has 0 bridgehead atoms. The predicted octanol–water partition coefficient (Wildman–Crippen LogP) is 3.30. The van der Waals surface area contributed by atoms with Gasteiger partial charge < -0.3 is 0 Å². The monoisotopic (exact) mass is 271 g/mol. The molecule has 1 aliphatic rings. The van der Waals surface area contributed by atoms with Crippen LogP contribution in [0.4, 0.5) is 0 Å². The first-order valence-electron chi connectivity index (χ1n) is 6.60. The summed E-state index contributed by atoms with van der Waals surface area (Å²) >= 11 is 1.83. The topological polar surface area (TPSA) is 20.3 Å². The average molecular weight is 271 g/mol. The summed E-state index contributed by atoms with van der Waals surface area (Å²) < 4.78 is 0. The van der Waals surface area contributed by atoms with Crippen molar-refractivity contribution < 1.29 is 4.79 Å². The Morgan fingerprint density at radius 2 is 2.16 bits per heavy atom. The number of carbonyl (C=O) groups excluding carboxylic acids is 1. The lowest BCUT2D eigenvalue weighted by atomic mass is 10.0. The van der Waals surface area contributed by atoms with Crippen molar-refractivity contribution in [3.05, 3.63) is 57.3 Å². The summed E-state index contributed by atoms with van der Waals surface area (Å²) in [5.41, 5.74) is 3.33. The first-order valence-corrected chi connectivity index (χ1v) is 7.48. The molecule has 0 fully saturated rings.